The molecule has 0 saturated heterocycles. The molecule has 0 spiro atoms. The fourth-order valence-electron chi connectivity index (χ4n) is 1.42. The SMILES string of the molecule is Cn1cncc1CNCCc1cnc[nH]1. The van der Waals surface area contributed by atoms with E-state index in [9.17, 15) is 0 Å². The monoisotopic (exact) mass is 205 g/mol. The zero-order valence-corrected chi connectivity index (χ0v) is 8.77. The largest absolute Gasteiger partial charge is 0.348 e. The van der Waals surface area contributed by atoms with Crippen LogP contribution in [0.5, 0.6) is 0 Å². The first-order valence-electron chi connectivity index (χ1n) is 4.99. The Labute approximate surface area is 88.6 Å². The Bertz CT molecular complexity index is 390. The van der Waals surface area contributed by atoms with Gasteiger partial charge in [-0.05, 0) is 0 Å². The molecule has 0 atom stereocenters. The first-order chi connectivity index (χ1) is 7.36. The third-order valence-electron chi connectivity index (χ3n) is 2.35. The third-order valence-corrected chi connectivity index (χ3v) is 2.35. The van der Waals surface area contributed by atoms with Crippen LogP contribution in [0, 0.1) is 0 Å². The molecular formula is C10H15N5. The molecule has 0 aromatic carbocycles. The van der Waals surface area contributed by atoms with Crippen LogP contribution in [-0.2, 0) is 20.0 Å². The van der Waals surface area contributed by atoms with Gasteiger partial charge in [0.15, 0.2) is 0 Å². The van der Waals surface area contributed by atoms with Crippen molar-refractivity contribution in [1.29, 1.82) is 0 Å². The number of rotatable bonds is 5. The molecule has 0 unspecified atom stereocenters. The topological polar surface area (TPSA) is 58.5 Å². The van der Waals surface area contributed by atoms with Gasteiger partial charge in [-0.1, -0.05) is 0 Å². The van der Waals surface area contributed by atoms with Crippen molar-refractivity contribution < 1.29 is 0 Å². The molecule has 0 aliphatic rings. The number of H-pyrrole nitrogens is 1. The number of aryl methyl sites for hydroxylation is 1. The number of hydrogen-bond donors (Lipinski definition) is 2. The molecular weight excluding hydrogens is 190 g/mol. The van der Waals surface area contributed by atoms with Crippen molar-refractivity contribution >= 4 is 0 Å². The van der Waals surface area contributed by atoms with Crippen molar-refractivity contribution in [3.63, 3.8) is 0 Å². The fourth-order valence-corrected chi connectivity index (χ4v) is 1.42. The average molecular weight is 205 g/mol. The van der Waals surface area contributed by atoms with E-state index in [0.29, 0.717) is 0 Å². The molecule has 2 rings (SSSR count). The van der Waals surface area contributed by atoms with E-state index in [1.807, 2.05) is 30.3 Å². The first-order valence-corrected chi connectivity index (χ1v) is 4.99. The molecule has 0 saturated carbocycles. The van der Waals surface area contributed by atoms with Crippen LogP contribution < -0.4 is 5.32 Å². The zero-order chi connectivity index (χ0) is 10.5. The van der Waals surface area contributed by atoms with E-state index in [2.05, 4.69) is 20.3 Å². The zero-order valence-electron chi connectivity index (χ0n) is 8.77. The van der Waals surface area contributed by atoms with Crippen molar-refractivity contribution in [2.24, 2.45) is 7.05 Å². The van der Waals surface area contributed by atoms with Gasteiger partial charge in [0.05, 0.1) is 18.3 Å². The van der Waals surface area contributed by atoms with Gasteiger partial charge in [-0.15, -0.1) is 0 Å². The van der Waals surface area contributed by atoms with Gasteiger partial charge in [-0.3, -0.25) is 0 Å². The Morgan fingerprint density at radius 2 is 2.33 bits per heavy atom. The second-order valence-electron chi connectivity index (χ2n) is 3.50. The molecule has 80 valence electrons. The van der Waals surface area contributed by atoms with Gasteiger partial charge in [0.25, 0.3) is 0 Å². The van der Waals surface area contributed by atoms with Gasteiger partial charge in [0.1, 0.15) is 0 Å². The summed E-state index contributed by atoms with van der Waals surface area (Å²) in [7, 11) is 2.00. The van der Waals surface area contributed by atoms with Crippen LogP contribution in [0.25, 0.3) is 0 Å². The molecule has 0 amide bonds. The normalized spacial score (nSPS) is 10.7. The van der Waals surface area contributed by atoms with Gasteiger partial charge in [-0.2, -0.15) is 0 Å². The van der Waals surface area contributed by atoms with Crippen LogP contribution in [0.1, 0.15) is 11.4 Å². The van der Waals surface area contributed by atoms with E-state index in [-0.39, 0.29) is 0 Å². The van der Waals surface area contributed by atoms with Crippen molar-refractivity contribution in [2.45, 2.75) is 13.0 Å². The molecule has 0 aliphatic heterocycles. The molecule has 2 N–H and O–H groups in total. The maximum atomic E-state index is 4.06. The van der Waals surface area contributed by atoms with Gasteiger partial charge >= 0.3 is 0 Å². The number of imidazole rings is 2. The van der Waals surface area contributed by atoms with E-state index >= 15 is 0 Å². The van der Waals surface area contributed by atoms with Crippen molar-refractivity contribution in [2.75, 3.05) is 6.54 Å². The Kier molecular flexibility index (Phi) is 3.14. The maximum absolute atomic E-state index is 4.06. The molecule has 0 fully saturated rings. The number of hydrogen-bond acceptors (Lipinski definition) is 3. The van der Waals surface area contributed by atoms with E-state index in [4.69, 9.17) is 0 Å². The highest BCUT2D eigenvalue weighted by Gasteiger charge is 1.97. The quantitative estimate of drug-likeness (QED) is 0.698. The van der Waals surface area contributed by atoms with Crippen molar-refractivity contribution in [1.82, 2.24) is 24.8 Å². The lowest BCUT2D eigenvalue weighted by atomic mass is 10.3. The molecule has 2 aromatic heterocycles. The smallest absolute Gasteiger partial charge is 0.0945 e. The van der Waals surface area contributed by atoms with Crippen LogP contribution in [-0.4, -0.2) is 26.1 Å². The second-order valence-corrected chi connectivity index (χ2v) is 3.50. The highest BCUT2D eigenvalue weighted by molar-refractivity contribution is 4.98. The summed E-state index contributed by atoms with van der Waals surface area (Å²) in [4.78, 5) is 11.1. The Balaban J connectivity index is 1.70. The lowest BCUT2D eigenvalue weighted by molar-refractivity contribution is 0.649. The highest BCUT2D eigenvalue weighted by atomic mass is 15.0. The molecule has 0 bridgehead atoms. The molecule has 2 aromatic rings. The standard InChI is InChI=1S/C10H15N5/c1-15-8-13-6-10(15)5-11-3-2-9-4-12-7-14-9/h4,6-8,11H,2-3,5H2,1H3,(H,12,14). The van der Waals surface area contributed by atoms with Crippen LogP contribution >= 0.6 is 0 Å². The van der Waals surface area contributed by atoms with E-state index in [1.165, 1.54) is 5.69 Å². The minimum atomic E-state index is 0.852. The number of nitrogens with zero attached hydrogens (tertiary/aromatic N) is 3. The minimum absolute atomic E-state index is 0.852. The average Bonchev–Trinajstić information content (AvgIpc) is 2.85. The number of aromatic nitrogens is 4. The molecule has 0 radical (unpaired) electrons. The first kappa shape index (κ1) is 9.92. The van der Waals surface area contributed by atoms with Crippen LogP contribution in [0.15, 0.2) is 25.0 Å². The van der Waals surface area contributed by atoms with E-state index < -0.39 is 0 Å². The predicted octanol–water partition coefficient (Wildman–Crippen LogP) is 0.475. The fraction of sp³-hybridized carbons (Fsp3) is 0.400. The Morgan fingerprint density at radius 1 is 1.40 bits per heavy atom. The van der Waals surface area contributed by atoms with Gasteiger partial charge in [-0.25, -0.2) is 9.97 Å². The van der Waals surface area contributed by atoms with Gasteiger partial charge in [0.2, 0.25) is 0 Å². The summed E-state index contributed by atoms with van der Waals surface area (Å²) < 4.78 is 2.02. The number of aromatic amines is 1. The summed E-state index contributed by atoms with van der Waals surface area (Å²) in [6.07, 6.45) is 8.22. The predicted molar refractivity (Wildman–Crippen MR) is 57.2 cm³/mol. The van der Waals surface area contributed by atoms with Crippen molar-refractivity contribution in [3.05, 3.63) is 36.4 Å². The van der Waals surface area contributed by atoms with Crippen molar-refractivity contribution in [3.8, 4) is 0 Å². The molecule has 0 aliphatic carbocycles. The van der Waals surface area contributed by atoms with Gasteiger partial charge < -0.3 is 14.9 Å². The molecule has 2 heterocycles. The van der Waals surface area contributed by atoms with Gasteiger partial charge in [0, 0.05) is 44.6 Å². The Hall–Kier alpha value is -1.62. The lowest BCUT2D eigenvalue weighted by Crippen LogP contribution is -2.18. The van der Waals surface area contributed by atoms with Crippen LogP contribution in [0.4, 0.5) is 0 Å². The summed E-state index contributed by atoms with van der Waals surface area (Å²) in [6, 6.07) is 0. The van der Waals surface area contributed by atoms with E-state index in [1.54, 1.807) is 6.33 Å². The number of nitrogens with one attached hydrogen (secondary N) is 2. The minimum Gasteiger partial charge on any atom is -0.348 e. The second kappa shape index (κ2) is 4.75. The molecule has 15 heavy (non-hydrogen) atoms. The summed E-state index contributed by atoms with van der Waals surface area (Å²) >= 11 is 0. The third kappa shape index (κ3) is 2.66. The summed E-state index contributed by atoms with van der Waals surface area (Å²) in [5.74, 6) is 0. The highest BCUT2D eigenvalue weighted by Crippen LogP contribution is 1.95. The van der Waals surface area contributed by atoms with E-state index in [0.717, 1.165) is 25.2 Å². The van der Waals surface area contributed by atoms with Crippen LogP contribution in [0.3, 0.4) is 0 Å². The Morgan fingerprint density at radius 3 is 3.00 bits per heavy atom. The molecule has 5 heteroatoms. The van der Waals surface area contributed by atoms with Crippen LogP contribution in [0.2, 0.25) is 0 Å². The summed E-state index contributed by atoms with van der Waals surface area (Å²) in [6.45, 7) is 1.79. The summed E-state index contributed by atoms with van der Waals surface area (Å²) in [5.41, 5.74) is 2.35. The molecule has 5 nitrogen and oxygen atoms in total. The summed E-state index contributed by atoms with van der Waals surface area (Å²) in [5, 5.41) is 3.36. The lowest BCUT2D eigenvalue weighted by Gasteiger charge is -2.03. The maximum Gasteiger partial charge on any atom is 0.0945 e.